The summed E-state index contributed by atoms with van der Waals surface area (Å²) in [6.45, 7) is 3.79. The van der Waals surface area contributed by atoms with E-state index in [1.165, 1.54) is 6.07 Å². The Morgan fingerprint density at radius 3 is 2.41 bits per heavy atom. The lowest BCUT2D eigenvalue weighted by Gasteiger charge is -2.29. The van der Waals surface area contributed by atoms with Crippen molar-refractivity contribution < 1.29 is 8.78 Å². The molecule has 1 aliphatic heterocycles. The number of nitrogens with zero attached hydrogens (tertiary/aromatic N) is 4. The molecule has 2 aromatic heterocycles. The maximum absolute atomic E-state index is 14.0. The Morgan fingerprint density at radius 2 is 1.62 bits per heavy atom. The van der Waals surface area contributed by atoms with Gasteiger partial charge in [-0.25, -0.2) is 18.3 Å². The van der Waals surface area contributed by atoms with Crippen LogP contribution in [0.1, 0.15) is 0 Å². The van der Waals surface area contributed by atoms with Gasteiger partial charge in [0.05, 0.1) is 16.7 Å². The summed E-state index contributed by atoms with van der Waals surface area (Å²) in [5.74, 6) is -1.76. The molecule has 1 N–H and O–H groups in total. The first-order valence-corrected chi connectivity index (χ1v) is 10.3. The van der Waals surface area contributed by atoms with Crippen LogP contribution in [0.5, 0.6) is 0 Å². The standard InChI is InChI=1S/C24H19F2N5.ClH/c25-19-7-5-15(13-20(19)26)23-17-3-1-2-4-18(17)24-28-21-8-6-16(14-22(21)31(24)29-23)30-11-9-27-10-12-30;/h1-8,13-14,27H,9-12H2;1H. The molecule has 0 spiro atoms. The summed E-state index contributed by atoms with van der Waals surface area (Å²) in [5, 5.41) is 9.98. The summed E-state index contributed by atoms with van der Waals surface area (Å²) in [5.41, 5.74) is 4.72. The molecular formula is C24H20ClF2N5. The number of hydrogen-bond acceptors (Lipinski definition) is 4. The second-order valence-electron chi connectivity index (χ2n) is 7.78. The zero-order valence-electron chi connectivity index (χ0n) is 17.1. The first-order valence-electron chi connectivity index (χ1n) is 10.3. The Hall–Kier alpha value is -3.29. The highest BCUT2D eigenvalue weighted by Gasteiger charge is 2.17. The van der Waals surface area contributed by atoms with Crippen molar-refractivity contribution in [1.29, 1.82) is 0 Å². The van der Waals surface area contributed by atoms with Gasteiger partial charge in [-0.2, -0.15) is 5.10 Å². The number of fused-ring (bicyclic) bond motifs is 5. The number of imidazole rings is 1. The second kappa shape index (κ2) is 8.00. The van der Waals surface area contributed by atoms with Gasteiger partial charge in [0, 0.05) is 48.2 Å². The van der Waals surface area contributed by atoms with Gasteiger partial charge in [-0.05, 0) is 36.4 Å². The molecule has 32 heavy (non-hydrogen) atoms. The first-order chi connectivity index (χ1) is 15.2. The Balaban J connectivity index is 0.00000216. The number of nitrogens with one attached hydrogen (secondary N) is 1. The molecule has 0 bridgehead atoms. The molecule has 3 heterocycles. The van der Waals surface area contributed by atoms with Gasteiger partial charge in [0.2, 0.25) is 0 Å². The third-order valence-electron chi connectivity index (χ3n) is 5.91. The molecule has 0 unspecified atom stereocenters. The van der Waals surface area contributed by atoms with Crippen molar-refractivity contribution in [2.45, 2.75) is 0 Å². The van der Waals surface area contributed by atoms with Crippen LogP contribution in [0, 0.1) is 11.6 Å². The van der Waals surface area contributed by atoms with Gasteiger partial charge in [-0.3, -0.25) is 0 Å². The number of anilines is 1. The van der Waals surface area contributed by atoms with Crippen molar-refractivity contribution in [3.8, 4) is 11.3 Å². The van der Waals surface area contributed by atoms with Crippen LogP contribution in [-0.4, -0.2) is 40.8 Å². The molecule has 1 fully saturated rings. The van der Waals surface area contributed by atoms with Gasteiger partial charge in [0.1, 0.15) is 0 Å². The van der Waals surface area contributed by atoms with E-state index in [1.807, 2.05) is 34.8 Å². The van der Waals surface area contributed by atoms with Crippen LogP contribution >= 0.6 is 12.4 Å². The predicted molar refractivity (Wildman–Crippen MR) is 126 cm³/mol. The minimum absolute atomic E-state index is 0. The number of rotatable bonds is 2. The summed E-state index contributed by atoms with van der Waals surface area (Å²) in [6.07, 6.45) is 0. The van der Waals surface area contributed by atoms with Crippen molar-refractivity contribution in [1.82, 2.24) is 19.9 Å². The van der Waals surface area contributed by atoms with Gasteiger partial charge < -0.3 is 10.2 Å². The molecule has 5 aromatic rings. The Kier molecular flexibility index (Phi) is 5.15. The quantitative estimate of drug-likeness (QED) is 0.418. The second-order valence-corrected chi connectivity index (χ2v) is 7.78. The molecule has 0 amide bonds. The molecule has 0 aliphatic carbocycles. The third-order valence-corrected chi connectivity index (χ3v) is 5.91. The summed E-state index contributed by atoms with van der Waals surface area (Å²) in [7, 11) is 0. The van der Waals surface area contributed by atoms with Crippen molar-refractivity contribution in [2.24, 2.45) is 0 Å². The predicted octanol–water partition coefficient (Wildman–Crippen LogP) is 4.81. The summed E-state index contributed by atoms with van der Waals surface area (Å²) < 4.78 is 29.4. The molecule has 0 saturated carbocycles. The number of halogens is 3. The van der Waals surface area contributed by atoms with Gasteiger partial charge in [-0.15, -0.1) is 12.4 Å². The normalized spacial score (nSPS) is 14.2. The third kappa shape index (κ3) is 3.25. The van der Waals surface area contributed by atoms with Gasteiger partial charge >= 0.3 is 0 Å². The first kappa shape index (κ1) is 20.6. The SMILES string of the molecule is Cl.Fc1ccc(-c2nn3c4cc(N5CCNCC5)ccc4nc3c3ccccc23)cc1F. The minimum atomic E-state index is -0.889. The average Bonchev–Trinajstić information content (AvgIpc) is 3.19. The zero-order valence-corrected chi connectivity index (χ0v) is 17.9. The van der Waals surface area contributed by atoms with Crippen molar-refractivity contribution in [2.75, 3.05) is 31.1 Å². The van der Waals surface area contributed by atoms with E-state index in [2.05, 4.69) is 22.3 Å². The van der Waals surface area contributed by atoms with E-state index in [9.17, 15) is 8.78 Å². The summed E-state index contributed by atoms with van der Waals surface area (Å²) in [6, 6.07) is 17.9. The molecule has 8 heteroatoms. The largest absolute Gasteiger partial charge is 0.369 e. The van der Waals surface area contributed by atoms with Crippen LogP contribution in [0.15, 0.2) is 60.7 Å². The maximum atomic E-state index is 14.0. The van der Waals surface area contributed by atoms with Crippen LogP contribution < -0.4 is 10.2 Å². The lowest BCUT2D eigenvalue weighted by atomic mass is 10.0. The van der Waals surface area contributed by atoms with Crippen LogP contribution in [0.25, 0.3) is 38.7 Å². The van der Waals surface area contributed by atoms with E-state index < -0.39 is 11.6 Å². The molecular weight excluding hydrogens is 432 g/mol. The smallest absolute Gasteiger partial charge is 0.162 e. The van der Waals surface area contributed by atoms with Crippen LogP contribution in [0.4, 0.5) is 14.5 Å². The fourth-order valence-electron chi connectivity index (χ4n) is 4.34. The van der Waals surface area contributed by atoms with E-state index in [1.54, 1.807) is 6.07 Å². The van der Waals surface area contributed by atoms with Gasteiger partial charge in [-0.1, -0.05) is 24.3 Å². The molecule has 6 rings (SSSR count). The van der Waals surface area contributed by atoms with E-state index in [0.717, 1.165) is 65.4 Å². The highest BCUT2D eigenvalue weighted by Crippen LogP contribution is 2.32. The van der Waals surface area contributed by atoms with Crippen molar-refractivity contribution in [3.05, 3.63) is 72.3 Å². The lowest BCUT2D eigenvalue weighted by molar-refractivity contribution is 0.509. The molecule has 0 atom stereocenters. The maximum Gasteiger partial charge on any atom is 0.162 e. The van der Waals surface area contributed by atoms with E-state index in [-0.39, 0.29) is 12.4 Å². The fraction of sp³-hybridized carbons (Fsp3) is 0.167. The summed E-state index contributed by atoms with van der Waals surface area (Å²) >= 11 is 0. The van der Waals surface area contributed by atoms with Crippen molar-refractivity contribution in [3.63, 3.8) is 0 Å². The Labute approximate surface area is 189 Å². The summed E-state index contributed by atoms with van der Waals surface area (Å²) in [4.78, 5) is 7.17. The van der Waals surface area contributed by atoms with E-state index >= 15 is 0 Å². The van der Waals surface area contributed by atoms with Crippen molar-refractivity contribution >= 4 is 45.5 Å². The number of hydrogen-bond donors (Lipinski definition) is 1. The van der Waals surface area contributed by atoms with E-state index in [0.29, 0.717) is 11.3 Å². The lowest BCUT2D eigenvalue weighted by Crippen LogP contribution is -2.43. The zero-order chi connectivity index (χ0) is 20.9. The minimum Gasteiger partial charge on any atom is -0.369 e. The fourth-order valence-corrected chi connectivity index (χ4v) is 4.34. The highest BCUT2D eigenvalue weighted by molar-refractivity contribution is 6.04. The number of piperazine rings is 1. The topological polar surface area (TPSA) is 45.5 Å². The number of benzene rings is 3. The highest BCUT2D eigenvalue weighted by atomic mass is 35.5. The molecule has 0 radical (unpaired) electrons. The Morgan fingerprint density at radius 1 is 0.844 bits per heavy atom. The van der Waals surface area contributed by atoms with E-state index in [4.69, 9.17) is 10.1 Å². The molecule has 3 aromatic carbocycles. The van der Waals surface area contributed by atoms with Gasteiger partial charge in [0.25, 0.3) is 0 Å². The van der Waals surface area contributed by atoms with Crippen LogP contribution in [0.2, 0.25) is 0 Å². The molecule has 162 valence electrons. The monoisotopic (exact) mass is 451 g/mol. The molecule has 5 nitrogen and oxygen atoms in total. The molecule has 1 aliphatic rings. The Bertz CT molecular complexity index is 1460. The number of aromatic nitrogens is 3. The van der Waals surface area contributed by atoms with Crippen LogP contribution in [-0.2, 0) is 0 Å². The van der Waals surface area contributed by atoms with Gasteiger partial charge in [0.15, 0.2) is 17.3 Å². The average molecular weight is 452 g/mol. The van der Waals surface area contributed by atoms with Crippen LogP contribution in [0.3, 0.4) is 0 Å². The molecule has 1 saturated heterocycles.